The highest BCUT2D eigenvalue weighted by atomic mass is 32.1. The molecule has 21 heavy (non-hydrogen) atoms. The van der Waals surface area contributed by atoms with Crippen LogP contribution in [0.4, 0.5) is 5.69 Å². The fourth-order valence-electron chi connectivity index (χ4n) is 3.70. The molecule has 1 saturated heterocycles. The molecule has 4 heterocycles. The van der Waals surface area contributed by atoms with Crippen molar-refractivity contribution in [2.75, 3.05) is 24.6 Å². The number of hydrogen-bond acceptors (Lipinski definition) is 4. The van der Waals surface area contributed by atoms with Crippen LogP contribution in [-0.4, -0.2) is 24.7 Å². The Bertz CT molecular complexity index is 644. The summed E-state index contributed by atoms with van der Waals surface area (Å²) in [5, 5.41) is 2.22. The van der Waals surface area contributed by atoms with Gasteiger partial charge in [-0.25, -0.2) is 0 Å². The van der Waals surface area contributed by atoms with Crippen LogP contribution < -0.4 is 4.90 Å². The minimum atomic E-state index is -0.0228. The van der Waals surface area contributed by atoms with E-state index in [1.165, 1.54) is 21.7 Å². The first kappa shape index (κ1) is 13.3. The fraction of sp³-hybridized carbons (Fsp3) is 0.471. The molecule has 110 valence electrons. The van der Waals surface area contributed by atoms with E-state index in [1.807, 2.05) is 23.7 Å². The van der Waals surface area contributed by atoms with E-state index in [4.69, 9.17) is 4.74 Å². The molecule has 2 aliphatic rings. The number of aromatic nitrogens is 1. The van der Waals surface area contributed by atoms with Gasteiger partial charge in [0.05, 0.1) is 12.2 Å². The number of rotatable bonds is 1. The van der Waals surface area contributed by atoms with Gasteiger partial charge in [-0.2, -0.15) is 0 Å². The van der Waals surface area contributed by atoms with Gasteiger partial charge in [0.25, 0.3) is 0 Å². The number of piperidine rings is 1. The zero-order valence-electron chi connectivity index (χ0n) is 12.3. The lowest BCUT2D eigenvalue weighted by Crippen LogP contribution is -2.46. The molecular weight excluding hydrogens is 280 g/mol. The van der Waals surface area contributed by atoms with Crippen molar-refractivity contribution in [3.63, 3.8) is 0 Å². The molecule has 0 saturated carbocycles. The van der Waals surface area contributed by atoms with Crippen LogP contribution in [0.1, 0.15) is 28.8 Å². The summed E-state index contributed by atoms with van der Waals surface area (Å²) >= 11 is 1.89. The van der Waals surface area contributed by atoms with Gasteiger partial charge in [0.15, 0.2) is 0 Å². The highest BCUT2D eigenvalue weighted by Crippen LogP contribution is 2.44. The fourth-order valence-corrected chi connectivity index (χ4v) is 4.65. The predicted molar refractivity (Wildman–Crippen MR) is 86.1 cm³/mol. The Balaban J connectivity index is 1.57. The Morgan fingerprint density at radius 3 is 2.95 bits per heavy atom. The van der Waals surface area contributed by atoms with Crippen LogP contribution in [0.5, 0.6) is 0 Å². The number of fused-ring (bicyclic) bond motifs is 2. The zero-order valence-corrected chi connectivity index (χ0v) is 13.2. The van der Waals surface area contributed by atoms with Gasteiger partial charge < -0.3 is 9.64 Å². The van der Waals surface area contributed by atoms with E-state index in [1.54, 1.807) is 0 Å². The minimum Gasteiger partial charge on any atom is -0.371 e. The second kappa shape index (κ2) is 5.11. The molecule has 0 radical (unpaired) electrons. The van der Waals surface area contributed by atoms with Gasteiger partial charge in [0.1, 0.15) is 0 Å². The molecule has 4 heteroatoms. The zero-order chi connectivity index (χ0) is 14.3. The summed E-state index contributed by atoms with van der Waals surface area (Å²) in [5.74, 6) is 0. The molecule has 2 aliphatic heterocycles. The first-order chi connectivity index (χ1) is 10.3. The normalized spacial score (nSPS) is 20.5. The Morgan fingerprint density at radius 1 is 1.29 bits per heavy atom. The number of aryl methyl sites for hydroxylation is 1. The molecule has 0 unspecified atom stereocenters. The summed E-state index contributed by atoms with van der Waals surface area (Å²) in [6.07, 6.45) is 7.09. The first-order valence-corrected chi connectivity index (χ1v) is 8.53. The van der Waals surface area contributed by atoms with E-state index in [2.05, 4.69) is 34.3 Å². The summed E-state index contributed by atoms with van der Waals surface area (Å²) in [6, 6.07) is 4.41. The summed E-state index contributed by atoms with van der Waals surface area (Å²) in [7, 11) is 0. The molecule has 0 aromatic carbocycles. The number of thiophene rings is 1. The third-order valence-electron chi connectivity index (χ3n) is 4.85. The molecule has 0 bridgehead atoms. The van der Waals surface area contributed by atoms with Crippen LogP contribution in [0.15, 0.2) is 29.9 Å². The van der Waals surface area contributed by atoms with Crippen LogP contribution in [0, 0.1) is 6.92 Å². The summed E-state index contributed by atoms with van der Waals surface area (Å²) < 4.78 is 6.27. The molecule has 1 spiro atoms. The van der Waals surface area contributed by atoms with Gasteiger partial charge in [0.2, 0.25) is 0 Å². The molecule has 0 amide bonds. The van der Waals surface area contributed by atoms with E-state index in [-0.39, 0.29) is 5.60 Å². The summed E-state index contributed by atoms with van der Waals surface area (Å²) in [4.78, 5) is 8.21. The highest BCUT2D eigenvalue weighted by Gasteiger charge is 2.41. The van der Waals surface area contributed by atoms with Crippen LogP contribution in [0.3, 0.4) is 0 Å². The maximum atomic E-state index is 6.27. The quantitative estimate of drug-likeness (QED) is 0.806. The van der Waals surface area contributed by atoms with Crippen LogP contribution >= 0.6 is 11.3 Å². The monoisotopic (exact) mass is 300 g/mol. The molecule has 0 aliphatic carbocycles. The van der Waals surface area contributed by atoms with Crippen molar-refractivity contribution in [1.82, 2.24) is 4.98 Å². The third kappa shape index (κ3) is 2.17. The molecule has 3 nitrogen and oxygen atoms in total. The lowest BCUT2D eigenvalue weighted by molar-refractivity contribution is -0.0756. The Kier molecular flexibility index (Phi) is 3.23. The van der Waals surface area contributed by atoms with Gasteiger partial charge in [-0.15, -0.1) is 11.3 Å². The van der Waals surface area contributed by atoms with Crippen molar-refractivity contribution in [1.29, 1.82) is 0 Å². The Morgan fingerprint density at radius 2 is 2.14 bits per heavy atom. The molecule has 0 N–H and O–H groups in total. The number of pyridine rings is 1. The lowest BCUT2D eigenvalue weighted by atomic mass is 9.82. The molecule has 2 aromatic rings. The van der Waals surface area contributed by atoms with E-state index in [0.717, 1.165) is 39.0 Å². The molecular formula is C17H20N2OS. The topological polar surface area (TPSA) is 25.4 Å². The standard InChI is InChI=1S/C17H20N2OS/c1-13-12-18-7-2-15(13)19-8-5-17(6-9-19)14-4-11-21-16(14)3-10-20-17/h2,4,7,11-12H,3,5-6,8-10H2,1H3. The van der Waals surface area contributed by atoms with Crippen molar-refractivity contribution in [3.05, 3.63) is 45.9 Å². The SMILES string of the molecule is Cc1cnccc1N1CCC2(CC1)OCCc1sccc12. The Hall–Kier alpha value is -1.39. The first-order valence-electron chi connectivity index (χ1n) is 7.65. The van der Waals surface area contributed by atoms with Gasteiger partial charge in [0, 0.05) is 42.5 Å². The maximum Gasteiger partial charge on any atom is 0.0975 e. The predicted octanol–water partition coefficient (Wildman–Crippen LogP) is 3.52. The lowest BCUT2D eigenvalue weighted by Gasteiger charge is -2.45. The number of nitrogens with zero attached hydrogens (tertiary/aromatic N) is 2. The average Bonchev–Trinajstić information content (AvgIpc) is 2.99. The van der Waals surface area contributed by atoms with Crippen molar-refractivity contribution in [2.45, 2.75) is 31.8 Å². The van der Waals surface area contributed by atoms with Crippen molar-refractivity contribution in [2.24, 2.45) is 0 Å². The summed E-state index contributed by atoms with van der Waals surface area (Å²) in [5.41, 5.74) is 4.02. The van der Waals surface area contributed by atoms with E-state index in [0.29, 0.717) is 0 Å². The van der Waals surface area contributed by atoms with Gasteiger partial charge in [-0.3, -0.25) is 4.98 Å². The Labute approximate surface area is 129 Å². The second-order valence-corrected chi connectivity index (χ2v) is 7.00. The van der Waals surface area contributed by atoms with E-state index >= 15 is 0 Å². The van der Waals surface area contributed by atoms with Gasteiger partial charge in [-0.05, 0) is 48.4 Å². The van der Waals surface area contributed by atoms with Gasteiger partial charge in [-0.1, -0.05) is 0 Å². The number of anilines is 1. The minimum absolute atomic E-state index is 0.0228. The average molecular weight is 300 g/mol. The summed E-state index contributed by atoms with van der Waals surface area (Å²) in [6.45, 7) is 5.13. The van der Waals surface area contributed by atoms with Gasteiger partial charge >= 0.3 is 0 Å². The van der Waals surface area contributed by atoms with Crippen LogP contribution in [-0.2, 0) is 16.8 Å². The van der Waals surface area contributed by atoms with Crippen molar-refractivity contribution in [3.8, 4) is 0 Å². The highest BCUT2D eigenvalue weighted by molar-refractivity contribution is 7.10. The maximum absolute atomic E-state index is 6.27. The van der Waals surface area contributed by atoms with E-state index < -0.39 is 0 Å². The van der Waals surface area contributed by atoms with Crippen LogP contribution in [0.25, 0.3) is 0 Å². The van der Waals surface area contributed by atoms with Crippen molar-refractivity contribution < 1.29 is 4.74 Å². The smallest absolute Gasteiger partial charge is 0.0975 e. The van der Waals surface area contributed by atoms with Crippen molar-refractivity contribution >= 4 is 17.0 Å². The number of hydrogen-bond donors (Lipinski definition) is 0. The molecule has 2 aromatic heterocycles. The molecule has 0 atom stereocenters. The number of ether oxygens (including phenoxy) is 1. The van der Waals surface area contributed by atoms with E-state index in [9.17, 15) is 0 Å². The second-order valence-electron chi connectivity index (χ2n) is 6.00. The van der Waals surface area contributed by atoms with Crippen LogP contribution in [0.2, 0.25) is 0 Å². The molecule has 1 fully saturated rings. The molecule has 4 rings (SSSR count). The third-order valence-corrected chi connectivity index (χ3v) is 5.83. The largest absolute Gasteiger partial charge is 0.371 e.